The van der Waals surface area contributed by atoms with Gasteiger partial charge in [-0.25, -0.2) is 0 Å². The van der Waals surface area contributed by atoms with E-state index in [2.05, 4.69) is 38.3 Å². The molecule has 0 spiro atoms. The maximum Gasteiger partial charge on any atom is 0.272 e. The molecule has 3 rings (SSSR count). The molecule has 1 aromatic heterocycles. The second-order valence-corrected chi connectivity index (χ2v) is 10.3. The molecule has 1 fully saturated rings. The monoisotopic (exact) mass is 498 g/mol. The smallest absolute Gasteiger partial charge is 0.272 e. The average molecular weight is 499 g/mol. The van der Waals surface area contributed by atoms with Crippen LogP contribution >= 0.6 is 0 Å². The average Bonchev–Trinajstić information content (AvgIpc) is 3.23. The summed E-state index contributed by atoms with van der Waals surface area (Å²) < 4.78 is 13.1. The number of nitrogens with one attached hydrogen (secondary N) is 2. The fraction of sp³-hybridized carbons (Fsp3) is 0.607. The number of hydrogen-bond acceptors (Lipinski definition) is 5. The van der Waals surface area contributed by atoms with E-state index in [1.807, 2.05) is 22.9 Å². The van der Waals surface area contributed by atoms with Gasteiger partial charge in [-0.15, -0.1) is 0 Å². The van der Waals surface area contributed by atoms with Crippen LogP contribution in [0, 0.1) is 11.8 Å². The van der Waals surface area contributed by atoms with Crippen molar-refractivity contribution in [2.24, 2.45) is 11.8 Å². The van der Waals surface area contributed by atoms with E-state index in [0.717, 1.165) is 36.9 Å². The number of amides is 2. The number of aromatic nitrogens is 2. The van der Waals surface area contributed by atoms with Gasteiger partial charge < -0.3 is 20.1 Å². The molecule has 1 aliphatic carbocycles. The lowest BCUT2D eigenvalue weighted by Crippen LogP contribution is -2.44. The summed E-state index contributed by atoms with van der Waals surface area (Å²) in [5.74, 6) is 1.71. The first-order valence-corrected chi connectivity index (χ1v) is 13.1. The Kier molecular flexibility index (Phi) is 9.79. The van der Waals surface area contributed by atoms with Gasteiger partial charge in [-0.1, -0.05) is 40.2 Å². The van der Waals surface area contributed by atoms with E-state index in [1.165, 1.54) is 0 Å². The highest BCUT2D eigenvalue weighted by Crippen LogP contribution is 2.39. The Morgan fingerprint density at radius 1 is 1.14 bits per heavy atom. The van der Waals surface area contributed by atoms with Gasteiger partial charge in [0.1, 0.15) is 11.5 Å². The van der Waals surface area contributed by atoms with E-state index >= 15 is 0 Å². The summed E-state index contributed by atoms with van der Waals surface area (Å²) in [4.78, 5) is 26.0. The van der Waals surface area contributed by atoms with Crippen molar-refractivity contribution >= 4 is 11.8 Å². The standard InChI is InChI=1S/C28H42N4O4/c1-7-19(4)17-32-23(27-24(35-5)12-9-13-25(27)36-6)16-22(31-32)28(34)30-21(14-18(2)3)15-26(33)29-20-10-8-11-20/h9,12-13,16,18-21H,7-8,10-11,14-15,17H2,1-6H3,(H,29,33)(H,30,34)/t19?,21-/m0/s1. The van der Waals surface area contributed by atoms with Crippen LogP contribution in [0.3, 0.4) is 0 Å². The van der Waals surface area contributed by atoms with Crippen molar-refractivity contribution in [1.29, 1.82) is 0 Å². The van der Waals surface area contributed by atoms with Crippen LogP contribution < -0.4 is 20.1 Å². The number of hydrogen-bond donors (Lipinski definition) is 2. The normalized spacial score (nSPS) is 15.2. The third-order valence-corrected chi connectivity index (χ3v) is 6.87. The summed E-state index contributed by atoms with van der Waals surface area (Å²) in [6, 6.07) is 7.42. The summed E-state index contributed by atoms with van der Waals surface area (Å²) in [5, 5.41) is 10.9. The molecule has 0 aliphatic heterocycles. The number of carbonyl (C=O) groups excluding carboxylic acids is 2. The summed E-state index contributed by atoms with van der Waals surface area (Å²) in [5.41, 5.74) is 1.84. The highest BCUT2D eigenvalue weighted by molar-refractivity contribution is 5.94. The molecular weight excluding hydrogens is 456 g/mol. The highest BCUT2D eigenvalue weighted by atomic mass is 16.5. The topological polar surface area (TPSA) is 94.5 Å². The second kappa shape index (κ2) is 12.8. The van der Waals surface area contributed by atoms with Gasteiger partial charge in [-0.05, 0) is 55.7 Å². The number of ether oxygens (including phenoxy) is 2. The Bertz CT molecular complexity index is 1010. The Morgan fingerprint density at radius 2 is 1.81 bits per heavy atom. The molecule has 1 heterocycles. The molecule has 0 radical (unpaired) electrons. The van der Waals surface area contributed by atoms with E-state index in [1.54, 1.807) is 20.3 Å². The van der Waals surface area contributed by atoms with Gasteiger partial charge >= 0.3 is 0 Å². The minimum absolute atomic E-state index is 0.00704. The maximum atomic E-state index is 13.4. The molecule has 0 saturated heterocycles. The first-order valence-electron chi connectivity index (χ1n) is 13.1. The third-order valence-electron chi connectivity index (χ3n) is 6.87. The van der Waals surface area contributed by atoms with Crippen molar-refractivity contribution in [1.82, 2.24) is 20.4 Å². The number of benzene rings is 1. The molecule has 1 unspecified atom stereocenters. The predicted molar refractivity (Wildman–Crippen MR) is 141 cm³/mol. The molecule has 36 heavy (non-hydrogen) atoms. The SMILES string of the molecule is CCC(C)Cn1nc(C(=O)N[C@H](CC(=O)NC2CCC2)CC(C)C)cc1-c1c(OC)cccc1OC. The number of methoxy groups -OCH3 is 2. The van der Waals surface area contributed by atoms with Crippen molar-refractivity contribution in [2.45, 2.75) is 84.8 Å². The lowest BCUT2D eigenvalue weighted by Gasteiger charge is -2.27. The molecule has 1 aromatic carbocycles. The van der Waals surface area contributed by atoms with E-state index in [9.17, 15) is 9.59 Å². The molecule has 0 bridgehead atoms. The zero-order valence-corrected chi connectivity index (χ0v) is 22.6. The molecule has 1 aliphatic rings. The molecule has 1 saturated carbocycles. The van der Waals surface area contributed by atoms with E-state index in [-0.39, 0.29) is 30.3 Å². The van der Waals surface area contributed by atoms with Crippen LogP contribution in [-0.4, -0.2) is 47.9 Å². The van der Waals surface area contributed by atoms with Crippen LogP contribution in [-0.2, 0) is 11.3 Å². The zero-order valence-electron chi connectivity index (χ0n) is 22.6. The molecular formula is C28H42N4O4. The Hall–Kier alpha value is -3.03. The first kappa shape index (κ1) is 27.6. The third kappa shape index (κ3) is 7.02. The van der Waals surface area contributed by atoms with Gasteiger partial charge in [-0.2, -0.15) is 5.10 Å². The van der Waals surface area contributed by atoms with Crippen molar-refractivity contribution in [3.63, 3.8) is 0 Å². The van der Waals surface area contributed by atoms with Gasteiger partial charge in [0, 0.05) is 25.0 Å². The van der Waals surface area contributed by atoms with E-state index in [0.29, 0.717) is 42.0 Å². The largest absolute Gasteiger partial charge is 0.496 e. The van der Waals surface area contributed by atoms with Crippen LogP contribution in [0.2, 0.25) is 0 Å². The molecule has 2 amide bonds. The van der Waals surface area contributed by atoms with Gasteiger partial charge in [0.15, 0.2) is 5.69 Å². The van der Waals surface area contributed by atoms with E-state index < -0.39 is 0 Å². The fourth-order valence-corrected chi connectivity index (χ4v) is 4.48. The zero-order chi connectivity index (χ0) is 26.2. The minimum atomic E-state index is -0.282. The van der Waals surface area contributed by atoms with Crippen LogP contribution in [0.15, 0.2) is 24.3 Å². The van der Waals surface area contributed by atoms with Crippen molar-refractivity contribution in [3.8, 4) is 22.8 Å². The molecule has 8 heteroatoms. The molecule has 8 nitrogen and oxygen atoms in total. The number of carbonyl (C=O) groups is 2. The van der Waals surface area contributed by atoms with Gasteiger partial charge in [-0.3, -0.25) is 14.3 Å². The molecule has 2 N–H and O–H groups in total. The summed E-state index contributed by atoms with van der Waals surface area (Å²) in [7, 11) is 3.23. The molecule has 198 valence electrons. The van der Waals surface area contributed by atoms with Crippen molar-refractivity contribution < 1.29 is 19.1 Å². The van der Waals surface area contributed by atoms with Crippen LogP contribution in [0.25, 0.3) is 11.3 Å². The summed E-state index contributed by atoms with van der Waals surface area (Å²) in [6.07, 6.45) is 5.20. The maximum absolute atomic E-state index is 13.4. The summed E-state index contributed by atoms with van der Waals surface area (Å²) in [6.45, 7) is 9.13. The van der Waals surface area contributed by atoms with Crippen molar-refractivity contribution in [3.05, 3.63) is 30.0 Å². The lowest BCUT2D eigenvalue weighted by molar-refractivity contribution is -0.122. The number of rotatable bonds is 13. The summed E-state index contributed by atoms with van der Waals surface area (Å²) >= 11 is 0. The van der Waals surface area contributed by atoms with Crippen LogP contribution in [0.5, 0.6) is 11.5 Å². The lowest BCUT2D eigenvalue weighted by atomic mass is 9.92. The predicted octanol–water partition coefficient (Wildman–Crippen LogP) is 4.82. The fourth-order valence-electron chi connectivity index (χ4n) is 4.48. The molecule has 2 aromatic rings. The molecule has 2 atom stereocenters. The van der Waals surface area contributed by atoms with Gasteiger partial charge in [0.2, 0.25) is 5.91 Å². The van der Waals surface area contributed by atoms with Crippen molar-refractivity contribution in [2.75, 3.05) is 14.2 Å². The number of nitrogens with zero attached hydrogens (tertiary/aromatic N) is 2. The van der Waals surface area contributed by atoms with Gasteiger partial charge in [0.25, 0.3) is 5.91 Å². The Morgan fingerprint density at radius 3 is 2.33 bits per heavy atom. The second-order valence-electron chi connectivity index (χ2n) is 10.3. The van der Waals surface area contributed by atoms with Crippen LogP contribution in [0.4, 0.5) is 0 Å². The Balaban J connectivity index is 1.88. The minimum Gasteiger partial charge on any atom is -0.496 e. The Labute approximate surface area is 215 Å². The highest BCUT2D eigenvalue weighted by Gasteiger charge is 2.26. The van der Waals surface area contributed by atoms with E-state index in [4.69, 9.17) is 14.6 Å². The quantitative estimate of drug-likeness (QED) is 0.413. The van der Waals surface area contributed by atoms with Crippen LogP contribution in [0.1, 0.15) is 76.7 Å². The van der Waals surface area contributed by atoms with Gasteiger partial charge in [0.05, 0.1) is 25.5 Å². The first-order chi connectivity index (χ1) is 17.2.